The van der Waals surface area contributed by atoms with Crippen LogP contribution >= 0.6 is 0 Å². The van der Waals surface area contributed by atoms with Crippen molar-refractivity contribution in [3.8, 4) is 17.0 Å². The average molecular weight is 596 g/mol. The molecule has 0 radical (unpaired) electrons. The van der Waals surface area contributed by atoms with Gasteiger partial charge in [0.05, 0.1) is 29.9 Å². The summed E-state index contributed by atoms with van der Waals surface area (Å²) in [6, 6.07) is 6.83. The van der Waals surface area contributed by atoms with Crippen LogP contribution in [0.3, 0.4) is 0 Å². The minimum Gasteiger partial charge on any atom is -0.473 e. The van der Waals surface area contributed by atoms with Crippen LogP contribution in [0.5, 0.6) is 5.88 Å². The molecule has 1 aromatic carbocycles. The molecular formula is C32H33F4N5O2. The summed E-state index contributed by atoms with van der Waals surface area (Å²) < 4.78 is 64.8. The van der Waals surface area contributed by atoms with Crippen molar-refractivity contribution in [1.29, 1.82) is 0 Å². The minimum atomic E-state index is -4.77. The third-order valence-corrected chi connectivity index (χ3v) is 7.92. The number of nitrogens with zero attached hydrogens (tertiary/aromatic N) is 5. The van der Waals surface area contributed by atoms with Crippen molar-refractivity contribution in [2.75, 3.05) is 4.90 Å². The van der Waals surface area contributed by atoms with Crippen molar-refractivity contribution < 1.29 is 27.4 Å². The SMILES string of the molecule is Cc1nc(N2Cc3cn(CC(C)(C)O)nc3C2)ccc1-c1cc(COc2cc3c(cn2)CC(C)C3)c(F)cc1C(F)(F)F. The molecular weight excluding hydrogens is 562 g/mol. The highest BCUT2D eigenvalue weighted by atomic mass is 19.4. The Morgan fingerprint density at radius 1 is 1.02 bits per heavy atom. The highest BCUT2D eigenvalue weighted by Crippen LogP contribution is 2.40. The number of aromatic nitrogens is 4. The van der Waals surface area contributed by atoms with Crippen molar-refractivity contribution in [2.45, 2.75) is 78.6 Å². The highest BCUT2D eigenvalue weighted by molar-refractivity contribution is 5.72. The summed E-state index contributed by atoms with van der Waals surface area (Å²) in [5.41, 5.74) is 2.66. The lowest BCUT2D eigenvalue weighted by Gasteiger charge is -2.21. The van der Waals surface area contributed by atoms with Crippen LogP contribution in [-0.4, -0.2) is 30.5 Å². The van der Waals surface area contributed by atoms with Gasteiger partial charge in [-0.2, -0.15) is 18.3 Å². The summed E-state index contributed by atoms with van der Waals surface area (Å²) in [4.78, 5) is 10.9. The molecule has 2 aliphatic rings. The number of pyridine rings is 2. The monoisotopic (exact) mass is 595 g/mol. The van der Waals surface area contributed by atoms with Crippen LogP contribution in [0.4, 0.5) is 23.4 Å². The normalized spacial score (nSPS) is 16.5. The fourth-order valence-corrected chi connectivity index (χ4v) is 5.98. The van der Waals surface area contributed by atoms with Crippen LogP contribution in [0.15, 0.2) is 42.7 Å². The van der Waals surface area contributed by atoms with Gasteiger partial charge < -0.3 is 14.7 Å². The van der Waals surface area contributed by atoms with E-state index >= 15 is 0 Å². The van der Waals surface area contributed by atoms with E-state index in [1.165, 1.54) is 6.07 Å². The number of hydrogen-bond donors (Lipinski definition) is 1. The molecule has 4 aromatic rings. The van der Waals surface area contributed by atoms with Crippen LogP contribution in [-0.2, 0) is 45.3 Å². The van der Waals surface area contributed by atoms with E-state index in [0.29, 0.717) is 49.0 Å². The summed E-state index contributed by atoms with van der Waals surface area (Å²) in [7, 11) is 0. The van der Waals surface area contributed by atoms with Gasteiger partial charge >= 0.3 is 6.18 Å². The van der Waals surface area contributed by atoms with Gasteiger partial charge in [0, 0.05) is 47.4 Å². The number of aryl methyl sites for hydroxylation is 1. The van der Waals surface area contributed by atoms with Gasteiger partial charge in [-0.3, -0.25) is 4.68 Å². The topological polar surface area (TPSA) is 76.3 Å². The van der Waals surface area contributed by atoms with Gasteiger partial charge in [-0.05, 0) is 80.5 Å². The van der Waals surface area contributed by atoms with E-state index in [2.05, 4.69) is 22.0 Å². The third-order valence-electron chi connectivity index (χ3n) is 7.92. The van der Waals surface area contributed by atoms with Crippen LogP contribution < -0.4 is 9.64 Å². The number of fused-ring (bicyclic) bond motifs is 2. The molecule has 0 fully saturated rings. The summed E-state index contributed by atoms with van der Waals surface area (Å²) >= 11 is 0. The third kappa shape index (κ3) is 6.08. The summed E-state index contributed by atoms with van der Waals surface area (Å²) in [5, 5.41) is 14.6. The molecule has 0 saturated carbocycles. The van der Waals surface area contributed by atoms with Gasteiger partial charge in [0.15, 0.2) is 0 Å². The van der Waals surface area contributed by atoms with Gasteiger partial charge in [-0.15, -0.1) is 0 Å². The lowest BCUT2D eigenvalue weighted by atomic mass is 9.95. The van der Waals surface area contributed by atoms with Gasteiger partial charge in [-0.1, -0.05) is 6.92 Å². The molecule has 1 unspecified atom stereocenters. The van der Waals surface area contributed by atoms with E-state index in [1.807, 2.05) is 17.2 Å². The fourth-order valence-electron chi connectivity index (χ4n) is 5.98. The largest absolute Gasteiger partial charge is 0.473 e. The van der Waals surface area contributed by atoms with Crippen molar-refractivity contribution in [3.63, 3.8) is 0 Å². The molecule has 11 heteroatoms. The molecule has 3 aromatic heterocycles. The number of hydrogen-bond acceptors (Lipinski definition) is 6. The maximum atomic E-state index is 15.0. The Morgan fingerprint density at radius 3 is 2.49 bits per heavy atom. The molecule has 1 aliphatic carbocycles. The lowest BCUT2D eigenvalue weighted by molar-refractivity contribution is -0.137. The second-order valence-corrected chi connectivity index (χ2v) is 12.3. The number of anilines is 1. The van der Waals surface area contributed by atoms with Crippen LogP contribution in [0.1, 0.15) is 60.0 Å². The second-order valence-electron chi connectivity index (χ2n) is 12.3. The Hall–Kier alpha value is -3.99. The molecule has 4 heterocycles. The fraction of sp³-hybridized carbons (Fsp3) is 0.406. The average Bonchev–Trinajstić information content (AvgIpc) is 3.58. The Kier molecular flexibility index (Phi) is 7.19. The molecule has 0 amide bonds. The Morgan fingerprint density at radius 2 is 1.79 bits per heavy atom. The lowest BCUT2D eigenvalue weighted by Crippen LogP contribution is -2.27. The predicted octanol–water partition coefficient (Wildman–Crippen LogP) is 6.41. The molecule has 0 saturated heterocycles. The molecule has 226 valence electrons. The van der Waals surface area contributed by atoms with Gasteiger partial charge in [0.2, 0.25) is 5.88 Å². The van der Waals surface area contributed by atoms with Crippen molar-refractivity contribution in [3.05, 3.63) is 87.7 Å². The second kappa shape index (κ2) is 10.6. The molecule has 7 nitrogen and oxygen atoms in total. The van der Waals surface area contributed by atoms with Crippen LogP contribution in [0.2, 0.25) is 0 Å². The van der Waals surface area contributed by atoms with E-state index in [9.17, 15) is 22.7 Å². The van der Waals surface area contributed by atoms with E-state index in [-0.39, 0.29) is 23.3 Å². The Labute approximate surface area is 247 Å². The number of alkyl halides is 3. The zero-order valence-corrected chi connectivity index (χ0v) is 24.5. The Balaban J connectivity index is 1.25. The first-order valence-electron chi connectivity index (χ1n) is 14.2. The summed E-state index contributed by atoms with van der Waals surface area (Å²) in [6.07, 6.45) is 0.717. The predicted molar refractivity (Wildman–Crippen MR) is 153 cm³/mol. The standard InChI is InChI=1S/C32H33F4N5O2/c1-18-7-20-10-30(37-12-21(20)8-18)43-16-22-9-25(26(11-27(22)33)32(34,35)36)24-5-6-29(38-19(24)2)40-13-23-14-41(17-31(3,4)42)39-28(23)15-40/h5-6,9-12,14,18,42H,7-8,13,15-17H2,1-4H3. The summed E-state index contributed by atoms with van der Waals surface area (Å²) in [6.45, 7) is 8.35. The first-order valence-corrected chi connectivity index (χ1v) is 14.2. The zero-order valence-electron chi connectivity index (χ0n) is 24.5. The number of aliphatic hydroxyl groups is 1. The Bertz CT molecular complexity index is 1670. The van der Waals surface area contributed by atoms with E-state index in [0.717, 1.165) is 35.2 Å². The van der Waals surface area contributed by atoms with Gasteiger partial charge in [0.25, 0.3) is 0 Å². The van der Waals surface area contributed by atoms with Crippen molar-refractivity contribution >= 4 is 5.82 Å². The van der Waals surface area contributed by atoms with Crippen molar-refractivity contribution in [1.82, 2.24) is 19.7 Å². The first-order chi connectivity index (χ1) is 20.2. The number of benzene rings is 1. The molecule has 0 bridgehead atoms. The number of rotatable bonds is 7. The van der Waals surface area contributed by atoms with E-state index in [4.69, 9.17) is 4.74 Å². The maximum absolute atomic E-state index is 15.0. The maximum Gasteiger partial charge on any atom is 0.417 e. The molecule has 43 heavy (non-hydrogen) atoms. The smallest absolute Gasteiger partial charge is 0.417 e. The van der Waals surface area contributed by atoms with Gasteiger partial charge in [0.1, 0.15) is 18.2 Å². The highest BCUT2D eigenvalue weighted by Gasteiger charge is 2.36. The molecule has 1 N–H and O–H groups in total. The molecule has 0 spiro atoms. The van der Waals surface area contributed by atoms with Crippen LogP contribution in [0, 0.1) is 18.7 Å². The van der Waals surface area contributed by atoms with Crippen LogP contribution in [0.25, 0.3) is 11.1 Å². The quantitative estimate of drug-likeness (QED) is 0.249. The number of halogens is 4. The van der Waals surface area contributed by atoms with Gasteiger partial charge in [-0.25, -0.2) is 14.4 Å². The van der Waals surface area contributed by atoms with E-state index in [1.54, 1.807) is 43.8 Å². The zero-order chi connectivity index (χ0) is 30.7. The minimum absolute atomic E-state index is 0.00456. The molecule has 6 rings (SSSR count). The number of ether oxygens (including phenoxy) is 1. The molecule has 1 atom stereocenters. The van der Waals surface area contributed by atoms with Crippen molar-refractivity contribution in [2.24, 2.45) is 5.92 Å². The molecule has 1 aliphatic heterocycles. The first kappa shape index (κ1) is 29.1. The van der Waals surface area contributed by atoms with E-state index < -0.39 is 23.2 Å². The summed E-state index contributed by atoms with van der Waals surface area (Å²) in [5.74, 6) is 0.430.